The molecule has 0 atom stereocenters. The van der Waals surface area contributed by atoms with Crippen molar-refractivity contribution in [2.45, 2.75) is 42.9 Å². The molecule has 7 aromatic carbocycles. The third-order valence-corrected chi connectivity index (χ3v) is 14.7. The molecule has 0 unspecified atom stereocenters. The monoisotopic (exact) mass is 759 g/mol. The Labute approximate surface area is 346 Å². The zero-order valence-corrected chi connectivity index (χ0v) is 33.1. The molecule has 284 valence electrons. The highest BCUT2D eigenvalue weighted by Gasteiger charge is 2.63. The van der Waals surface area contributed by atoms with Gasteiger partial charge in [0.05, 0.1) is 5.41 Å². The van der Waals surface area contributed by atoms with Crippen LogP contribution in [0.4, 0.5) is 0 Å². The van der Waals surface area contributed by atoms with Gasteiger partial charge in [0, 0.05) is 22.1 Å². The number of nitrogens with zero attached hydrogens (tertiary/aromatic N) is 3. The van der Waals surface area contributed by atoms with Crippen molar-refractivity contribution in [2.24, 2.45) is 23.7 Å². The van der Waals surface area contributed by atoms with Crippen LogP contribution in [0.3, 0.4) is 0 Å². The maximum absolute atomic E-state index is 5.35. The first-order chi connectivity index (χ1) is 29.2. The van der Waals surface area contributed by atoms with Crippen molar-refractivity contribution in [2.75, 3.05) is 0 Å². The summed E-state index contributed by atoms with van der Waals surface area (Å²) in [5, 5.41) is 0. The Hall–Kier alpha value is -6.45. The first-order valence-electron chi connectivity index (χ1n) is 21.5. The lowest BCUT2D eigenvalue weighted by Gasteiger charge is -2.65. The van der Waals surface area contributed by atoms with E-state index in [-0.39, 0.29) is 5.41 Å². The van der Waals surface area contributed by atoms with Crippen molar-refractivity contribution in [3.63, 3.8) is 0 Å². The predicted molar refractivity (Wildman–Crippen MR) is 238 cm³/mol. The largest absolute Gasteiger partial charge is 0.208 e. The first-order valence-corrected chi connectivity index (χ1v) is 21.5. The normalized spacial score (nSPS) is 23.1. The van der Waals surface area contributed by atoms with Gasteiger partial charge in [-0.3, -0.25) is 0 Å². The molecule has 1 aromatic heterocycles. The van der Waals surface area contributed by atoms with E-state index < -0.39 is 5.41 Å². The molecule has 4 fully saturated rings. The summed E-state index contributed by atoms with van der Waals surface area (Å²) in [5.41, 5.74) is 13.2. The minimum Gasteiger partial charge on any atom is -0.208 e. The van der Waals surface area contributed by atoms with Crippen LogP contribution in [0.5, 0.6) is 0 Å². The summed E-state index contributed by atoms with van der Waals surface area (Å²) in [6.45, 7) is 0. The Morgan fingerprint density at radius 1 is 0.322 bits per heavy atom. The molecule has 13 rings (SSSR count). The van der Waals surface area contributed by atoms with Crippen molar-refractivity contribution in [3.8, 4) is 45.3 Å². The van der Waals surface area contributed by atoms with E-state index in [2.05, 4.69) is 182 Å². The summed E-state index contributed by atoms with van der Waals surface area (Å²) in [5.74, 6) is 4.95. The number of fused-ring (bicyclic) bond motifs is 2. The van der Waals surface area contributed by atoms with Crippen LogP contribution in [0.15, 0.2) is 188 Å². The van der Waals surface area contributed by atoms with Crippen LogP contribution in [0.1, 0.15) is 65.5 Å². The Morgan fingerprint density at radius 3 is 1.27 bits per heavy atom. The molecule has 0 radical (unpaired) electrons. The molecule has 3 nitrogen and oxygen atoms in total. The third-order valence-electron chi connectivity index (χ3n) is 14.7. The Morgan fingerprint density at radius 2 is 0.712 bits per heavy atom. The molecule has 0 N–H and O–H groups in total. The van der Waals surface area contributed by atoms with E-state index >= 15 is 0 Å². The number of hydrogen-bond donors (Lipinski definition) is 0. The van der Waals surface area contributed by atoms with Crippen LogP contribution in [0.2, 0.25) is 0 Å². The van der Waals surface area contributed by atoms with Gasteiger partial charge >= 0.3 is 0 Å². The number of rotatable bonds is 6. The quantitative estimate of drug-likeness (QED) is 0.169. The molecule has 3 heteroatoms. The zero-order chi connectivity index (χ0) is 39.0. The Kier molecular flexibility index (Phi) is 7.95. The highest BCUT2D eigenvalue weighted by molar-refractivity contribution is 5.75. The first kappa shape index (κ1) is 34.6. The standard InChI is InChI=1S/C56H45N3/c1-5-15-39(16-6-1)40-25-27-42(28-26-40)53-57-52(41-17-7-2-8-18-41)58-54(59-53)43-29-30-50-51(36-43)56(46-32-37-31-38(34-46)35-47(56)33-37)49-24-14-13-23-48(49)55(50,44-19-9-3-10-20-44)45-21-11-4-12-22-45/h1-30,36-38,46-47H,31-35H2. The van der Waals surface area contributed by atoms with Crippen LogP contribution in [0, 0.1) is 23.7 Å². The van der Waals surface area contributed by atoms with E-state index in [9.17, 15) is 0 Å². The van der Waals surface area contributed by atoms with Gasteiger partial charge in [0.25, 0.3) is 0 Å². The van der Waals surface area contributed by atoms with Gasteiger partial charge < -0.3 is 0 Å². The predicted octanol–water partition coefficient (Wildman–Crippen LogP) is 13.0. The summed E-state index contributed by atoms with van der Waals surface area (Å²) >= 11 is 0. The molecule has 59 heavy (non-hydrogen) atoms. The van der Waals surface area contributed by atoms with Gasteiger partial charge in [0.15, 0.2) is 17.5 Å². The second-order valence-corrected chi connectivity index (χ2v) is 17.6. The van der Waals surface area contributed by atoms with Gasteiger partial charge in [-0.25, -0.2) is 15.0 Å². The smallest absolute Gasteiger partial charge is 0.164 e. The SMILES string of the molecule is c1ccc(-c2ccc(-c3nc(-c4ccccc4)nc(-c4ccc5c(c4)C4(c6ccccc6C5(c5ccccc5)c5ccccc5)C5CC6CC(C5)CC4C6)n3)cc2)cc1. The molecule has 8 aromatic rings. The average molecular weight is 760 g/mol. The van der Waals surface area contributed by atoms with Gasteiger partial charge in [-0.2, -0.15) is 0 Å². The molecule has 0 amide bonds. The molecule has 1 heterocycles. The molecule has 0 aliphatic heterocycles. The number of benzene rings is 7. The molecule has 1 spiro atoms. The summed E-state index contributed by atoms with van der Waals surface area (Å²) in [4.78, 5) is 15.8. The second kappa shape index (κ2) is 13.6. The lowest BCUT2D eigenvalue weighted by Crippen LogP contribution is -2.59. The van der Waals surface area contributed by atoms with Crippen molar-refractivity contribution in [3.05, 3.63) is 221 Å². The molecule has 5 aliphatic rings. The lowest BCUT2D eigenvalue weighted by molar-refractivity contribution is -0.0440. The fourth-order valence-electron chi connectivity index (χ4n) is 12.6. The molecular formula is C56H45N3. The van der Waals surface area contributed by atoms with Crippen LogP contribution >= 0.6 is 0 Å². The fourth-order valence-corrected chi connectivity index (χ4v) is 12.6. The van der Waals surface area contributed by atoms with Crippen molar-refractivity contribution >= 4 is 0 Å². The lowest BCUT2D eigenvalue weighted by atomic mass is 9.38. The van der Waals surface area contributed by atoms with Crippen LogP contribution in [0.25, 0.3) is 45.3 Å². The van der Waals surface area contributed by atoms with E-state index in [1.54, 1.807) is 0 Å². The van der Waals surface area contributed by atoms with E-state index in [0.29, 0.717) is 29.3 Å². The highest BCUT2D eigenvalue weighted by Crippen LogP contribution is 2.70. The maximum Gasteiger partial charge on any atom is 0.164 e. The van der Waals surface area contributed by atoms with Gasteiger partial charge in [-0.15, -0.1) is 0 Å². The van der Waals surface area contributed by atoms with Crippen molar-refractivity contribution in [1.29, 1.82) is 0 Å². The average Bonchev–Trinajstić information content (AvgIpc) is 3.31. The Bertz CT molecular complexity index is 2750. The summed E-state index contributed by atoms with van der Waals surface area (Å²) in [6, 6.07) is 69.0. The summed E-state index contributed by atoms with van der Waals surface area (Å²) < 4.78 is 0. The summed E-state index contributed by atoms with van der Waals surface area (Å²) in [6.07, 6.45) is 6.64. The van der Waals surface area contributed by atoms with Gasteiger partial charge in [-0.1, -0.05) is 182 Å². The molecule has 4 bridgehead atoms. The van der Waals surface area contributed by atoms with E-state index in [0.717, 1.165) is 28.5 Å². The highest BCUT2D eigenvalue weighted by atomic mass is 15.0. The molecular weight excluding hydrogens is 715 g/mol. The van der Waals surface area contributed by atoms with Gasteiger partial charge in [0.2, 0.25) is 0 Å². The van der Waals surface area contributed by atoms with Crippen molar-refractivity contribution in [1.82, 2.24) is 15.0 Å². The summed E-state index contributed by atoms with van der Waals surface area (Å²) in [7, 11) is 0. The number of hydrogen-bond acceptors (Lipinski definition) is 3. The zero-order valence-electron chi connectivity index (χ0n) is 33.1. The van der Waals surface area contributed by atoms with E-state index in [4.69, 9.17) is 15.0 Å². The van der Waals surface area contributed by atoms with Gasteiger partial charge in [-0.05, 0) is 106 Å². The van der Waals surface area contributed by atoms with Crippen LogP contribution in [-0.2, 0) is 10.8 Å². The van der Waals surface area contributed by atoms with E-state index in [1.807, 2.05) is 6.07 Å². The topological polar surface area (TPSA) is 38.7 Å². The van der Waals surface area contributed by atoms with E-state index in [1.165, 1.54) is 76.6 Å². The molecule has 5 aliphatic carbocycles. The van der Waals surface area contributed by atoms with Crippen LogP contribution < -0.4 is 0 Å². The van der Waals surface area contributed by atoms with Gasteiger partial charge in [0.1, 0.15) is 0 Å². The molecule has 4 saturated carbocycles. The second-order valence-electron chi connectivity index (χ2n) is 17.6. The molecule has 0 saturated heterocycles. The van der Waals surface area contributed by atoms with Crippen LogP contribution in [-0.4, -0.2) is 15.0 Å². The Balaban J connectivity index is 1.12. The third kappa shape index (κ3) is 5.23. The number of aromatic nitrogens is 3. The fraction of sp³-hybridized carbons (Fsp3) is 0.196. The minimum absolute atomic E-state index is 0.0895. The maximum atomic E-state index is 5.35. The minimum atomic E-state index is -0.493. The van der Waals surface area contributed by atoms with Crippen molar-refractivity contribution < 1.29 is 0 Å².